The van der Waals surface area contributed by atoms with Crippen molar-refractivity contribution in [3.8, 4) is 0 Å². The largest absolute Gasteiger partial charge is 0.456 e. The fraction of sp³-hybridized carbons (Fsp3) is 0.545. The maximum Gasteiger partial charge on any atom is 0.303 e. The summed E-state index contributed by atoms with van der Waals surface area (Å²) >= 11 is 0. The van der Waals surface area contributed by atoms with Crippen molar-refractivity contribution in [1.29, 1.82) is 0 Å². The summed E-state index contributed by atoms with van der Waals surface area (Å²) in [5, 5.41) is 4.02. The van der Waals surface area contributed by atoms with Gasteiger partial charge in [0.2, 0.25) is 0 Å². The number of rotatable bonds is 12. The van der Waals surface area contributed by atoms with Crippen LogP contribution in [0.1, 0.15) is 38.2 Å². The topological polar surface area (TPSA) is 192 Å². The Labute approximate surface area is 282 Å². The number of methoxy groups -OCH3 is 1. The molecule has 0 aliphatic carbocycles. The number of ether oxygens (including phenoxy) is 10. The highest BCUT2D eigenvalue weighted by molar-refractivity contribution is 5.68. The Morgan fingerprint density at radius 3 is 2.06 bits per heavy atom. The molecule has 5 rings (SSSR count). The quantitative estimate of drug-likeness (QED) is 0.104. The fourth-order valence-electron chi connectivity index (χ4n) is 5.99. The average Bonchev–Trinajstić information content (AvgIpc) is 3.09. The third-order valence-corrected chi connectivity index (χ3v) is 8.00. The summed E-state index contributed by atoms with van der Waals surface area (Å²) in [5.74, 6) is -2.17. The lowest BCUT2D eigenvalue weighted by Crippen LogP contribution is -2.64. The monoisotopic (exact) mass is 685 g/mol. The van der Waals surface area contributed by atoms with Crippen molar-refractivity contribution in [2.75, 3.05) is 20.3 Å². The first-order valence-electron chi connectivity index (χ1n) is 15.7. The van der Waals surface area contributed by atoms with Crippen LogP contribution in [0.15, 0.2) is 65.8 Å². The van der Waals surface area contributed by atoms with E-state index in [1.54, 1.807) is 0 Å². The van der Waals surface area contributed by atoms with Crippen LogP contribution in [0.25, 0.3) is 10.4 Å². The van der Waals surface area contributed by atoms with Gasteiger partial charge in [0, 0.05) is 38.4 Å². The minimum atomic E-state index is -1.32. The molecule has 49 heavy (non-hydrogen) atoms. The van der Waals surface area contributed by atoms with Crippen molar-refractivity contribution < 1.29 is 61.8 Å². The Morgan fingerprint density at radius 2 is 1.43 bits per heavy atom. The summed E-state index contributed by atoms with van der Waals surface area (Å²) < 4.78 is 59.1. The number of esters is 3. The highest BCUT2D eigenvalue weighted by atomic mass is 16.8. The minimum Gasteiger partial charge on any atom is -0.456 e. The third kappa shape index (κ3) is 9.12. The first-order chi connectivity index (χ1) is 23.7. The molecular formula is C33H39N3O13. The lowest BCUT2D eigenvalue weighted by Gasteiger charge is -2.48. The molecule has 0 N–H and O–H groups in total. The first kappa shape index (κ1) is 36.2. The van der Waals surface area contributed by atoms with Gasteiger partial charge in [-0.2, -0.15) is 0 Å². The van der Waals surface area contributed by atoms with Crippen LogP contribution in [0.2, 0.25) is 0 Å². The number of hydrogen-bond donors (Lipinski definition) is 0. The zero-order valence-corrected chi connectivity index (χ0v) is 27.4. The predicted octanol–water partition coefficient (Wildman–Crippen LogP) is 3.27. The normalized spacial score (nSPS) is 32.5. The van der Waals surface area contributed by atoms with Crippen molar-refractivity contribution >= 4 is 17.9 Å². The number of fused-ring (bicyclic) bond motifs is 1. The van der Waals surface area contributed by atoms with Crippen molar-refractivity contribution in [2.24, 2.45) is 5.11 Å². The predicted molar refractivity (Wildman–Crippen MR) is 165 cm³/mol. The van der Waals surface area contributed by atoms with Crippen LogP contribution >= 0.6 is 0 Å². The molecule has 3 fully saturated rings. The van der Waals surface area contributed by atoms with E-state index in [1.807, 2.05) is 60.7 Å². The van der Waals surface area contributed by atoms with Crippen LogP contribution in [0.5, 0.6) is 0 Å². The summed E-state index contributed by atoms with van der Waals surface area (Å²) in [6.07, 6.45) is -10.5. The average molecular weight is 686 g/mol. The van der Waals surface area contributed by atoms with Gasteiger partial charge in [-0.3, -0.25) is 14.4 Å². The summed E-state index contributed by atoms with van der Waals surface area (Å²) in [6.45, 7) is 3.39. The van der Waals surface area contributed by atoms with Gasteiger partial charge in [0.1, 0.15) is 30.5 Å². The van der Waals surface area contributed by atoms with Crippen LogP contribution in [-0.2, 0) is 68.4 Å². The molecule has 16 nitrogen and oxygen atoms in total. The zero-order valence-electron chi connectivity index (χ0n) is 27.4. The van der Waals surface area contributed by atoms with Gasteiger partial charge in [0.15, 0.2) is 37.2 Å². The molecule has 0 radical (unpaired) electrons. The Balaban J connectivity index is 1.41. The van der Waals surface area contributed by atoms with Gasteiger partial charge in [-0.1, -0.05) is 65.8 Å². The van der Waals surface area contributed by atoms with Crippen LogP contribution in [-0.4, -0.2) is 99.6 Å². The third-order valence-electron chi connectivity index (χ3n) is 8.00. The number of benzene rings is 2. The number of carbonyl (C=O) groups is 3. The van der Waals surface area contributed by atoms with Crippen LogP contribution in [0.3, 0.4) is 0 Å². The second kappa shape index (κ2) is 17.0. The van der Waals surface area contributed by atoms with Gasteiger partial charge in [0.05, 0.1) is 19.8 Å². The molecule has 3 aliphatic heterocycles. The van der Waals surface area contributed by atoms with E-state index in [4.69, 9.17) is 47.4 Å². The van der Waals surface area contributed by atoms with Crippen LogP contribution in [0.4, 0.5) is 0 Å². The molecule has 264 valence electrons. The van der Waals surface area contributed by atoms with Crippen molar-refractivity contribution in [2.45, 2.75) is 95.0 Å². The minimum absolute atomic E-state index is 0.0958. The lowest BCUT2D eigenvalue weighted by molar-refractivity contribution is -0.354. The van der Waals surface area contributed by atoms with E-state index in [-0.39, 0.29) is 19.8 Å². The van der Waals surface area contributed by atoms with Crippen molar-refractivity contribution in [3.05, 3.63) is 82.2 Å². The van der Waals surface area contributed by atoms with Crippen LogP contribution in [0, 0.1) is 0 Å². The van der Waals surface area contributed by atoms with Gasteiger partial charge < -0.3 is 47.4 Å². The van der Waals surface area contributed by atoms with Crippen molar-refractivity contribution in [3.63, 3.8) is 0 Å². The molecule has 16 heteroatoms. The number of azide groups is 1. The van der Waals surface area contributed by atoms with Crippen LogP contribution < -0.4 is 0 Å². The maximum atomic E-state index is 12.2. The highest BCUT2D eigenvalue weighted by Crippen LogP contribution is 2.38. The molecule has 0 unspecified atom stereocenters. The van der Waals surface area contributed by atoms with E-state index in [2.05, 4.69) is 10.0 Å². The number of carbonyl (C=O) groups excluding carboxylic acids is 3. The molecule has 3 aliphatic rings. The van der Waals surface area contributed by atoms with Gasteiger partial charge >= 0.3 is 17.9 Å². The standard InChI is InChI=1S/C33H39N3O13/c1-18(37)44-27-24(48-33(40-4)30(46-20(3)39)29(27)45-19(2)38)17-43-32-25(35-36-34)28(41-15-21-11-7-5-8-12-21)26-23(47-32)16-42-31(49-26)22-13-9-6-10-14-22/h5-14,23-33H,15-17H2,1-4H3/t23-,24-,25+,26-,27-,28-,29+,30-,31-,32-,33+/m1/s1. The maximum absolute atomic E-state index is 12.2. The van der Waals surface area contributed by atoms with E-state index < -0.39 is 85.5 Å². The molecule has 0 aromatic heterocycles. The van der Waals surface area contributed by atoms with E-state index in [0.717, 1.165) is 31.9 Å². The molecule has 3 saturated heterocycles. The second-order valence-corrected chi connectivity index (χ2v) is 11.5. The summed E-state index contributed by atoms with van der Waals surface area (Å²) in [5.41, 5.74) is 11.3. The Bertz CT molecular complexity index is 1460. The van der Waals surface area contributed by atoms with Gasteiger partial charge in [-0.25, -0.2) is 0 Å². The van der Waals surface area contributed by atoms with E-state index in [0.29, 0.717) is 0 Å². The molecule has 2 aromatic carbocycles. The number of nitrogens with zero attached hydrogens (tertiary/aromatic N) is 3. The zero-order chi connectivity index (χ0) is 34.9. The Kier molecular flexibility index (Phi) is 12.6. The molecule has 0 saturated carbocycles. The van der Waals surface area contributed by atoms with E-state index in [9.17, 15) is 19.9 Å². The van der Waals surface area contributed by atoms with Gasteiger partial charge in [0.25, 0.3) is 0 Å². The van der Waals surface area contributed by atoms with Gasteiger partial charge in [-0.05, 0) is 11.1 Å². The molecule has 0 spiro atoms. The Morgan fingerprint density at radius 1 is 0.796 bits per heavy atom. The second-order valence-electron chi connectivity index (χ2n) is 11.5. The lowest BCUT2D eigenvalue weighted by atomic mass is 9.95. The molecular weight excluding hydrogens is 646 g/mol. The van der Waals surface area contributed by atoms with E-state index >= 15 is 0 Å². The highest BCUT2D eigenvalue weighted by Gasteiger charge is 2.54. The first-order valence-corrected chi connectivity index (χ1v) is 15.7. The molecule has 0 amide bonds. The summed E-state index contributed by atoms with van der Waals surface area (Å²) in [6, 6.07) is 17.7. The molecule has 2 aromatic rings. The SMILES string of the molecule is CO[C@H]1O[C@H](CO[C@@H]2O[C@@H]3CO[C@@H](c4ccccc4)O[C@H]3[C@H](OCc3ccccc3)[C@@H]2N=[N+]=[N-])[C@@H](OC(C)=O)[C@H](OC(C)=O)[C@H]1OC(C)=O. The summed E-state index contributed by atoms with van der Waals surface area (Å²) in [7, 11) is 1.30. The summed E-state index contributed by atoms with van der Waals surface area (Å²) in [4.78, 5) is 39.3. The molecule has 11 atom stereocenters. The van der Waals surface area contributed by atoms with Crippen molar-refractivity contribution in [1.82, 2.24) is 0 Å². The van der Waals surface area contributed by atoms with Gasteiger partial charge in [-0.15, -0.1) is 0 Å². The smallest absolute Gasteiger partial charge is 0.303 e. The molecule has 0 bridgehead atoms. The number of hydrogen-bond acceptors (Lipinski definition) is 14. The fourth-order valence-corrected chi connectivity index (χ4v) is 5.99. The Hall–Kier alpha value is -4.12. The van der Waals surface area contributed by atoms with E-state index in [1.165, 1.54) is 7.11 Å². The molecule has 3 heterocycles.